The summed E-state index contributed by atoms with van der Waals surface area (Å²) in [5.41, 5.74) is 0.595. The predicted molar refractivity (Wildman–Crippen MR) is 91.7 cm³/mol. The van der Waals surface area contributed by atoms with E-state index in [1.807, 2.05) is 0 Å². The van der Waals surface area contributed by atoms with Crippen molar-refractivity contribution < 1.29 is 4.74 Å². The fourth-order valence-electron chi connectivity index (χ4n) is 3.18. The van der Waals surface area contributed by atoms with Crippen LogP contribution in [0.1, 0.15) is 54.4 Å². The summed E-state index contributed by atoms with van der Waals surface area (Å²) in [5, 5.41) is 3.67. The molecule has 0 aromatic carbocycles. The summed E-state index contributed by atoms with van der Waals surface area (Å²) < 4.78 is 5.84. The average Bonchev–Trinajstić information content (AvgIpc) is 2.37. The number of rotatable bonds is 7. The molecular weight excluding hydrogens is 260 g/mol. The van der Waals surface area contributed by atoms with Gasteiger partial charge in [0.25, 0.3) is 0 Å². The van der Waals surface area contributed by atoms with Crippen molar-refractivity contribution in [2.24, 2.45) is 16.7 Å². The van der Waals surface area contributed by atoms with Crippen LogP contribution in [0.15, 0.2) is 0 Å². The van der Waals surface area contributed by atoms with E-state index in [2.05, 4.69) is 58.8 Å². The van der Waals surface area contributed by atoms with Gasteiger partial charge in [0.05, 0.1) is 6.61 Å². The van der Waals surface area contributed by atoms with E-state index in [1.165, 1.54) is 12.8 Å². The number of hydrogen-bond donors (Lipinski definition) is 1. The summed E-state index contributed by atoms with van der Waals surface area (Å²) in [4.78, 5) is 2.53. The second kappa shape index (κ2) is 7.94. The van der Waals surface area contributed by atoms with Gasteiger partial charge >= 0.3 is 0 Å². The Morgan fingerprint density at radius 3 is 2.38 bits per heavy atom. The topological polar surface area (TPSA) is 24.5 Å². The molecule has 0 spiro atoms. The highest BCUT2D eigenvalue weighted by Crippen LogP contribution is 2.32. The Hall–Kier alpha value is -0.120. The first-order valence-corrected chi connectivity index (χ1v) is 8.65. The molecular formula is C18H38N2O. The molecule has 2 unspecified atom stereocenters. The van der Waals surface area contributed by atoms with Gasteiger partial charge in [-0.3, -0.25) is 0 Å². The molecule has 21 heavy (non-hydrogen) atoms. The molecule has 1 aliphatic heterocycles. The summed E-state index contributed by atoms with van der Waals surface area (Å²) >= 11 is 0. The normalized spacial score (nSPS) is 25.6. The molecule has 2 atom stereocenters. The molecule has 0 saturated carbocycles. The Morgan fingerprint density at radius 1 is 1.24 bits per heavy atom. The van der Waals surface area contributed by atoms with Gasteiger partial charge in [-0.25, -0.2) is 0 Å². The zero-order chi connectivity index (χ0) is 16.1. The maximum absolute atomic E-state index is 5.84. The molecule has 1 heterocycles. The summed E-state index contributed by atoms with van der Waals surface area (Å²) in [6.07, 6.45) is 2.47. The van der Waals surface area contributed by atoms with Crippen molar-refractivity contribution in [3.63, 3.8) is 0 Å². The van der Waals surface area contributed by atoms with Crippen LogP contribution in [0.25, 0.3) is 0 Å². The lowest BCUT2D eigenvalue weighted by atomic mass is 9.80. The van der Waals surface area contributed by atoms with Crippen molar-refractivity contribution in [1.29, 1.82) is 0 Å². The third-order valence-electron chi connectivity index (χ3n) is 4.96. The van der Waals surface area contributed by atoms with E-state index < -0.39 is 0 Å². The Morgan fingerprint density at radius 2 is 1.90 bits per heavy atom. The van der Waals surface area contributed by atoms with Crippen LogP contribution >= 0.6 is 0 Å². The fraction of sp³-hybridized carbons (Fsp3) is 1.00. The zero-order valence-electron chi connectivity index (χ0n) is 15.5. The van der Waals surface area contributed by atoms with E-state index in [0.717, 1.165) is 32.8 Å². The molecule has 0 aromatic heterocycles. The lowest BCUT2D eigenvalue weighted by Crippen LogP contribution is -2.52. The van der Waals surface area contributed by atoms with Gasteiger partial charge in [-0.15, -0.1) is 0 Å². The maximum atomic E-state index is 5.84. The minimum atomic E-state index is 0.279. The minimum Gasteiger partial charge on any atom is -0.381 e. The molecule has 0 amide bonds. The predicted octanol–water partition coefficient (Wildman–Crippen LogP) is 3.40. The van der Waals surface area contributed by atoms with Crippen LogP contribution in [-0.4, -0.2) is 50.8 Å². The van der Waals surface area contributed by atoms with Crippen LogP contribution in [0, 0.1) is 16.7 Å². The van der Waals surface area contributed by atoms with Gasteiger partial charge in [0.15, 0.2) is 0 Å². The highest BCUT2D eigenvalue weighted by Gasteiger charge is 2.36. The number of hydrogen-bond acceptors (Lipinski definition) is 3. The van der Waals surface area contributed by atoms with Crippen molar-refractivity contribution in [2.45, 2.75) is 60.4 Å². The molecule has 1 fully saturated rings. The second-order valence-corrected chi connectivity index (χ2v) is 8.64. The van der Waals surface area contributed by atoms with Crippen LogP contribution in [0.2, 0.25) is 0 Å². The van der Waals surface area contributed by atoms with E-state index in [4.69, 9.17) is 4.74 Å². The van der Waals surface area contributed by atoms with E-state index in [-0.39, 0.29) is 5.41 Å². The molecule has 1 saturated heterocycles. The van der Waals surface area contributed by atoms with Crippen molar-refractivity contribution in [3.8, 4) is 0 Å². The van der Waals surface area contributed by atoms with Crippen LogP contribution in [-0.2, 0) is 4.74 Å². The van der Waals surface area contributed by atoms with Crippen LogP contribution in [0.4, 0.5) is 0 Å². The van der Waals surface area contributed by atoms with Crippen LogP contribution in [0.3, 0.4) is 0 Å². The summed E-state index contributed by atoms with van der Waals surface area (Å²) in [6, 6.07) is 0.571. The molecule has 0 aromatic rings. The van der Waals surface area contributed by atoms with Crippen molar-refractivity contribution in [2.75, 3.05) is 39.9 Å². The smallest absolute Gasteiger partial charge is 0.0546 e. The largest absolute Gasteiger partial charge is 0.381 e. The number of nitrogens with one attached hydrogen (secondary N) is 1. The SMILES string of the molecule is CC(C)CNCC1(CN(C)C(C)C(C)(C)C)CCCOC1. The summed E-state index contributed by atoms with van der Waals surface area (Å²) in [6.45, 7) is 19.0. The maximum Gasteiger partial charge on any atom is 0.0546 e. The van der Waals surface area contributed by atoms with E-state index in [0.29, 0.717) is 17.4 Å². The van der Waals surface area contributed by atoms with Gasteiger partial charge in [0.2, 0.25) is 0 Å². The van der Waals surface area contributed by atoms with Gasteiger partial charge in [0.1, 0.15) is 0 Å². The van der Waals surface area contributed by atoms with Gasteiger partial charge in [0, 0.05) is 31.2 Å². The Kier molecular flexibility index (Phi) is 7.15. The molecule has 126 valence electrons. The molecule has 0 bridgehead atoms. The average molecular weight is 299 g/mol. The Bertz CT molecular complexity index is 290. The van der Waals surface area contributed by atoms with E-state index >= 15 is 0 Å². The molecule has 1 rings (SSSR count). The van der Waals surface area contributed by atoms with Crippen molar-refractivity contribution in [3.05, 3.63) is 0 Å². The minimum absolute atomic E-state index is 0.279. The second-order valence-electron chi connectivity index (χ2n) is 8.64. The molecule has 1 aliphatic rings. The molecule has 1 N–H and O–H groups in total. The fourth-order valence-corrected chi connectivity index (χ4v) is 3.18. The van der Waals surface area contributed by atoms with Gasteiger partial charge < -0.3 is 15.0 Å². The van der Waals surface area contributed by atoms with Gasteiger partial charge in [-0.05, 0) is 44.7 Å². The zero-order valence-corrected chi connectivity index (χ0v) is 15.5. The van der Waals surface area contributed by atoms with Gasteiger partial charge in [-0.1, -0.05) is 34.6 Å². The Labute approximate surface area is 132 Å². The van der Waals surface area contributed by atoms with Crippen LogP contribution in [0.5, 0.6) is 0 Å². The van der Waals surface area contributed by atoms with Crippen molar-refractivity contribution >= 4 is 0 Å². The highest BCUT2D eigenvalue weighted by molar-refractivity contribution is 4.89. The highest BCUT2D eigenvalue weighted by atomic mass is 16.5. The third kappa shape index (κ3) is 6.25. The Balaban J connectivity index is 2.64. The number of nitrogens with zero attached hydrogens (tertiary/aromatic N) is 1. The quantitative estimate of drug-likeness (QED) is 0.779. The lowest BCUT2D eigenvalue weighted by molar-refractivity contribution is -0.0346. The molecule has 0 aliphatic carbocycles. The van der Waals surface area contributed by atoms with E-state index in [1.54, 1.807) is 0 Å². The summed E-state index contributed by atoms with van der Waals surface area (Å²) in [5.74, 6) is 0.706. The monoisotopic (exact) mass is 298 g/mol. The summed E-state index contributed by atoms with van der Waals surface area (Å²) in [7, 11) is 2.27. The molecule has 0 radical (unpaired) electrons. The molecule has 3 heteroatoms. The lowest BCUT2D eigenvalue weighted by Gasteiger charge is -2.44. The standard InChI is InChI=1S/C18H38N2O/c1-15(2)11-19-12-18(9-8-10-21-14-18)13-20(7)16(3)17(4,5)6/h15-16,19H,8-14H2,1-7H3. The first-order chi connectivity index (χ1) is 9.66. The van der Waals surface area contributed by atoms with Crippen molar-refractivity contribution in [1.82, 2.24) is 10.2 Å². The first kappa shape index (κ1) is 18.9. The number of ether oxygens (including phenoxy) is 1. The third-order valence-corrected chi connectivity index (χ3v) is 4.96. The van der Waals surface area contributed by atoms with Gasteiger partial charge in [-0.2, -0.15) is 0 Å². The van der Waals surface area contributed by atoms with Crippen LogP contribution < -0.4 is 5.32 Å². The first-order valence-electron chi connectivity index (χ1n) is 8.65. The molecule has 3 nitrogen and oxygen atoms in total. The van der Waals surface area contributed by atoms with E-state index in [9.17, 15) is 0 Å².